The molecule has 0 fully saturated rings. The van der Waals surface area contributed by atoms with Crippen LogP contribution in [0.25, 0.3) is 0 Å². The van der Waals surface area contributed by atoms with E-state index in [1.807, 2.05) is 0 Å². The zero-order chi connectivity index (χ0) is 14.5. The summed E-state index contributed by atoms with van der Waals surface area (Å²) in [4.78, 5) is 11.9. The second-order valence-corrected chi connectivity index (χ2v) is 4.58. The van der Waals surface area contributed by atoms with Crippen LogP contribution in [0.4, 0.5) is 10.1 Å². The summed E-state index contributed by atoms with van der Waals surface area (Å²) in [5, 5.41) is 5.75. The van der Waals surface area contributed by atoms with Crippen LogP contribution in [0.15, 0.2) is 41.0 Å². The highest BCUT2D eigenvalue weighted by Crippen LogP contribution is 2.18. The van der Waals surface area contributed by atoms with Crippen molar-refractivity contribution in [2.45, 2.75) is 26.4 Å². The van der Waals surface area contributed by atoms with Gasteiger partial charge in [0.05, 0.1) is 12.8 Å². The lowest BCUT2D eigenvalue weighted by molar-refractivity contribution is -0.121. The number of nitrogens with one attached hydrogen (secondary N) is 2. The van der Waals surface area contributed by atoms with Crippen LogP contribution in [-0.4, -0.2) is 11.9 Å². The molecule has 5 heteroatoms. The molecule has 0 saturated heterocycles. The third kappa shape index (κ3) is 3.38. The lowest BCUT2D eigenvalue weighted by atomic mass is 10.1. The number of carbonyl (C=O) groups is 1. The van der Waals surface area contributed by atoms with Gasteiger partial charge in [-0.15, -0.1) is 0 Å². The molecule has 0 aliphatic heterocycles. The minimum Gasteiger partial charge on any atom is -0.467 e. The second kappa shape index (κ2) is 6.23. The Balaban J connectivity index is 1.92. The molecule has 0 bridgehead atoms. The number of anilines is 1. The lowest BCUT2D eigenvalue weighted by Gasteiger charge is -2.16. The lowest BCUT2D eigenvalue weighted by Crippen LogP contribution is -2.37. The molecule has 2 aromatic rings. The van der Waals surface area contributed by atoms with Crippen LogP contribution in [0.5, 0.6) is 0 Å². The molecule has 2 rings (SSSR count). The predicted octanol–water partition coefficient (Wildman–Crippen LogP) is 2.84. The highest BCUT2D eigenvalue weighted by Gasteiger charge is 2.14. The van der Waals surface area contributed by atoms with Crippen LogP contribution < -0.4 is 10.6 Å². The molecule has 2 N–H and O–H groups in total. The Kier molecular flexibility index (Phi) is 4.40. The van der Waals surface area contributed by atoms with Crippen LogP contribution in [0.2, 0.25) is 0 Å². The van der Waals surface area contributed by atoms with E-state index in [4.69, 9.17) is 4.42 Å². The summed E-state index contributed by atoms with van der Waals surface area (Å²) < 4.78 is 18.5. The van der Waals surface area contributed by atoms with Gasteiger partial charge < -0.3 is 15.1 Å². The first-order valence-electron chi connectivity index (χ1n) is 6.39. The molecule has 1 unspecified atom stereocenters. The number of hydrogen-bond acceptors (Lipinski definition) is 3. The molecule has 0 saturated carbocycles. The number of carbonyl (C=O) groups excluding carboxylic acids is 1. The van der Waals surface area contributed by atoms with Crippen LogP contribution in [0.1, 0.15) is 18.2 Å². The van der Waals surface area contributed by atoms with Crippen molar-refractivity contribution in [1.29, 1.82) is 0 Å². The standard InChI is InChI=1S/C15H17FN2O2/c1-10-13(16)6-3-7-14(10)18-11(2)15(19)17-9-12-5-4-8-20-12/h3-8,11,18H,9H2,1-2H3,(H,17,19). The largest absolute Gasteiger partial charge is 0.467 e. The zero-order valence-electron chi connectivity index (χ0n) is 11.4. The van der Waals surface area contributed by atoms with Crippen LogP contribution in [-0.2, 0) is 11.3 Å². The van der Waals surface area contributed by atoms with E-state index >= 15 is 0 Å². The summed E-state index contributed by atoms with van der Waals surface area (Å²) in [6.45, 7) is 3.73. The zero-order valence-corrected chi connectivity index (χ0v) is 11.4. The normalized spacial score (nSPS) is 11.9. The molecule has 20 heavy (non-hydrogen) atoms. The van der Waals surface area contributed by atoms with Crippen molar-refractivity contribution in [3.63, 3.8) is 0 Å². The van der Waals surface area contributed by atoms with Gasteiger partial charge in [0, 0.05) is 11.3 Å². The topological polar surface area (TPSA) is 54.3 Å². The number of hydrogen-bond donors (Lipinski definition) is 2. The smallest absolute Gasteiger partial charge is 0.242 e. The first-order valence-corrected chi connectivity index (χ1v) is 6.39. The number of rotatable bonds is 5. The van der Waals surface area contributed by atoms with Crippen molar-refractivity contribution in [3.05, 3.63) is 53.7 Å². The molecular weight excluding hydrogens is 259 g/mol. The summed E-state index contributed by atoms with van der Waals surface area (Å²) in [6, 6.07) is 7.83. The number of furan rings is 1. The Morgan fingerprint density at radius 2 is 2.15 bits per heavy atom. The highest BCUT2D eigenvalue weighted by atomic mass is 19.1. The van der Waals surface area contributed by atoms with E-state index in [0.29, 0.717) is 23.6 Å². The van der Waals surface area contributed by atoms with E-state index in [1.165, 1.54) is 6.07 Å². The summed E-state index contributed by atoms with van der Waals surface area (Å²) in [5.41, 5.74) is 1.11. The summed E-state index contributed by atoms with van der Waals surface area (Å²) in [5.74, 6) is 0.218. The highest BCUT2D eigenvalue weighted by molar-refractivity contribution is 5.84. The maximum atomic E-state index is 13.4. The quantitative estimate of drug-likeness (QED) is 0.883. The van der Waals surface area contributed by atoms with Gasteiger partial charge >= 0.3 is 0 Å². The van der Waals surface area contributed by atoms with E-state index in [0.717, 1.165) is 0 Å². The molecule has 0 spiro atoms. The average Bonchev–Trinajstić information content (AvgIpc) is 2.94. The van der Waals surface area contributed by atoms with Gasteiger partial charge in [0.25, 0.3) is 0 Å². The van der Waals surface area contributed by atoms with Gasteiger partial charge in [0.1, 0.15) is 17.6 Å². The average molecular weight is 276 g/mol. The van der Waals surface area contributed by atoms with Gasteiger partial charge in [-0.3, -0.25) is 4.79 Å². The van der Waals surface area contributed by atoms with Crippen LogP contribution in [0.3, 0.4) is 0 Å². The molecule has 1 amide bonds. The predicted molar refractivity (Wildman–Crippen MR) is 74.8 cm³/mol. The molecular formula is C15H17FN2O2. The Bertz CT molecular complexity index is 582. The SMILES string of the molecule is Cc1c(F)cccc1NC(C)C(=O)NCc1ccco1. The van der Waals surface area contributed by atoms with Crippen LogP contribution >= 0.6 is 0 Å². The minimum absolute atomic E-state index is 0.176. The number of benzene rings is 1. The van der Waals surface area contributed by atoms with E-state index in [9.17, 15) is 9.18 Å². The van der Waals surface area contributed by atoms with Gasteiger partial charge in [-0.05, 0) is 38.1 Å². The third-order valence-corrected chi connectivity index (χ3v) is 3.05. The summed E-state index contributed by atoms with van der Waals surface area (Å²) in [6.07, 6.45) is 1.55. The minimum atomic E-state index is -0.467. The molecule has 1 aromatic carbocycles. The van der Waals surface area contributed by atoms with E-state index in [-0.39, 0.29) is 11.7 Å². The Morgan fingerprint density at radius 1 is 1.35 bits per heavy atom. The van der Waals surface area contributed by atoms with E-state index in [2.05, 4.69) is 10.6 Å². The molecule has 106 valence electrons. The summed E-state index contributed by atoms with van der Waals surface area (Å²) >= 11 is 0. The van der Waals surface area contributed by atoms with Gasteiger partial charge in [0.15, 0.2) is 0 Å². The van der Waals surface area contributed by atoms with E-state index < -0.39 is 6.04 Å². The monoisotopic (exact) mass is 276 g/mol. The van der Waals surface area contributed by atoms with Gasteiger partial charge in [-0.1, -0.05) is 6.07 Å². The van der Waals surface area contributed by atoms with Crippen molar-refractivity contribution in [1.82, 2.24) is 5.32 Å². The fourth-order valence-electron chi connectivity index (χ4n) is 1.80. The molecule has 0 aliphatic rings. The first kappa shape index (κ1) is 14.1. The molecule has 1 heterocycles. The van der Waals surface area contributed by atoms with Gasteiger partial charge in [-0.25, -0.2) is 4.39 Å². The van der Waals surface area contributed by atoms with Gasteiger partial charge in [-0.2, -0.15) is 0 Å². The molecule has 4 nitrogen and oxygen atoms in total. The Hall–Kier alpha value is -2.30. The Morgan fingerprint density at radius 3 is 2.85 bits per heavy atom. The van der Waals surface area contributed by atoms with Crippen molar-refractivity contribution in [2.75, 3.05) is 5.32 Å². The van der Waals surface area contributed by atoms with Crippen molar-refractivity contribution >= 4 is 11.6 Å². The fraction of sp³-hybridized carbons (Fsp3) is 0.267. The third-order valence-electron chi connectivity index (χ3n) is 3.05. The molecule has 1 aromatic heterocycles. The maximum Gasteiger partial charge on any atom is 0.242 e. The molecule has 0 radical (unpaired) electrons. The summed E-state index contributed by atoms with van der Waals surface area (Å²) in [7, 11) is 0. The van der Waals surface area contributed by atoms with E-state index in [1.54, 1.807) is 44.4 Å². The fourth-order valence-corrected chi connectivity index (χ4v) is 1.80. The van der Waals surface area contributed by atoms with Crippen molar-refractivity contribution < 1.29 is 13.6 Å². The van der Waals surface area contributed by atoms with Crippen molar-refractivity contribution in [2.24, 2.45) is 0 Å². The molecule has 0 aliphatic carbocycles. The number of amides is 1. The second-order valence-electron chi connectivity index (χ2n) is 4.58. The van der Waals surface area contributed by atoms with Crippen LogP contribution in [0, 0.1) is 12.7 Å². The Labute approximate surface area is 117 Å². The number of halogens is 1. The molecule has 1 atom stereocenters. The van der Waals surface area contributed by atoms with Crippen molar-refractivity contribution in [3.8, 4) is 0 Å². The van der Waals surface area contributed by atoms with Gasteiger partial charge in [0.2, 0.25) is 5.91 Å². The maximum absolute atomic E-state index is 13.4. The first-order chi connectivity index (χ1) is 9.58.